The van der Waals surface area contributed by atoms with Gasteiger partial charge in [0.25, 0.3) is 0 Å². The first-order valence-corrected chi connectivity index (χ1v) is 8.44. The zero-order valence-electron chi connectivity index (χ0n) is 12.3. The number of nitrogens with two attached hydrogens (primary N) is 1. The van der Waals surface area contributed by atoms with Crippen molar-refractivity contribution in [2.24, 2.45) is 11.7 Å². The molecule has 1 saturated heterocycles. The van der Waals surface area contributed by atoms with Crippen molar-refractivity contribution in [1.29, 1.82) is 0 Å². The van der Waals surface area contributed by atoms with Crippen molar-refractivity contribution in [2.75, 3.05) is 19.6 Å². The summed E-state index contributed by atoms with van der Waals surface area (Å²) in [5, 5.41) is 1.28. The molecule has 108 valence electrons. The number of hydrogen-bond acceptors (Lipinski definition) is 4. The second-order valence-corrected chi connectivity index (χ2v) is 6.90. The first-order chi connectivity index (χ1) is 9.22. The van der Waals surface area contributed by atoms with E-state index < -0.39 is 0 Å². The molecule has 1 fully saturated rings. The molecule has 2 rings (SSSR count). The van der Waals surface area contributed by atoms with Crippen LogP contribution in [0.25, 0.3) is 0 Å². The number of thiazole rings is 1. The predicted octanol–water partition coefficient (Wildman–Crippen LogP) is 2.83. The highest BCUT2D eigenvalue weighted by Crippen LogP contribution is 2.21. The minimum atomic E-state index is 0.647. The number of hydrogen-bond donors (Lipinski definition) is 1. The van der Waals surface area contributed by atoms with Crippen molar-refractivity contribution in [1.82, 2.24) is 9.88 Å². The molecule has 2 heterocycles. The molecule has 1 aromatic rings. The van der Waals surface area contributed by atoms with Gasteiger partial charge < -0.3 is 10.6 Å². The van der Waals surface area contributed by atoms with Crippen LogP contribution in [0.2, 0.25) is 0 Å². The molecule has 1 aliphatic heterocycles. The third kappa shape index (κ3) is 4.26. The number of piperidine rings is 1. The maximum Gasteiger partial charge on any atom is 0.0944 e. The van der Waals surface area contributed by atoms with Crippen molar-refractivity contribution in [2.45, 2.75) is 52.5 Å². The summed E-state index contributed by atoms with van der Waals surface area (Å²) in [7, 11) is 0. The molecule has 1 aromatic heterocycles. The van der Waals surface area contributed by atoms with Gasteiger partial charge in [0.2, 0.25) is 0 Å². The lowest BCUT2D eigenvalue weighted by molar-refractivity contribution is 0.186. The Kier molecular flexibility index (Phi) is 5.79. The van der Waals surface area contributed by atoms with Crippen LogP contribution in [0.5, 0.6) is 0 Å². The Hall–Kier alpha value is -0.450. The summed E-state index contributed by atoms with van der Waals surface area (Å²) < 4.78 is 0. The molecule has 1 atom stereocenters. The molecule has 0 radical (unpaired) electrons. The van der Waals surface area contributed by atoms with E-state index in [-0.39, 0.29) is 0 Å². The van der Waals surface area contributed by atoms with Gasteiger partial charge in [-0.2, -0.15) is 0 Å². The largest absolute Gasteiger partial charge is 0.326 e. The minimum Gasteiger partial charge on any atom is -0.326 e. The Morgan fingerprint density at radius 2 is 2.26 bits per heavy atom. The van der Waals surface area contributed by atoms with E-state index in [0.29, 0.717) is 6.54 Å². The van der Waals surface area contributed by atoms with Crippen molar-refractivity contribution < 1.29 is 0 Å². The second kappa shape index (κ2) is 7.36. The highest BCUT2D eigenvalue weighted by Gasteiger charge is 2.17. The van der Waals surface area contributed by atoms with Crippen LogP contribution in [0, 0.1) is 5.92 Å². The van der Waals surface area contributed by atoms with Crippen LogP contribution in [-0.4, -0.2) is 29.5 Å². The Bertz CT molecular complexity index is 389. The molecule has 19 heavy (non-hydrogen) atoms. The second-order valence-electron chi connectivity index (χ2n) is 5.73. The van der Waals surface area contributed by atoms with Gasteiger partial charge in [-0.3, -0.25) is 0 Å². The molecular formula is C15H27N3S. The maximum absolute atomic E-state index is 5.81. The van der Waals surface area contributed by atoms with Crippen molar-refractivity contribution in [3.05, 3.63) is 15.6 Å². The van der Waals surface area contributed by atoms with Crippen LogP contribution in [-0.2, 0) is 19.4 Å². The fraction of sp³-hybridized carbons (Fsp3) is 0.800. The molecular weight excluding hydrogens is 254 g/mol. The molecule has 3 nitrogen and oxygen atoms in total. The van der Waals surface area contributed by atoms with Crippen LogP contribution >= 0.6 is 11.3 Å². The summed E-state index contributed by atoms with van der Waals surface area (Å²) in [4.78, 5) is 8.68. The van der Waals surface area contributed by atoms with Crippen LogP contribution in [0.4, 0.5) is 0 Å². The van der Waals surface area contributed by atoms with Crippen molar-refractivity contribution >= 4 is 11.3 Å². The molecule has 1 unspecified atom stereocenters. The Balaban J connectivity index is 1.88. The topological polar surface area (TPSA) is 42.2 Å². The van der Waals surface area contributed by atoms with Gasteiger partial charge in [0.15, 0.2) is 0 Å². The lowest BCUT2D eigenvalue weighted by Crippen LogP contribution is -2.35. The lowest BCUT2D eigenvalue weighted by Gasteiger charge is -2.30. The fourth-order valence-corrected chi connectivity index (χ4v) is 3.86. The molecule has 2 N–H and O–H groups in total. The molecule has 0 amide bonds. The van der Waals surface area contributed by atoms with E-state index in [1.165, 1.54) is 41.5 Å². The monoisotopic (exact) mass is 281 g/mol. The summed E-state index contributed by atoms with van der Waals surface area (Å²) in [6.07, 6.45) is 6.07. The SMILES string of the molecule is CCCc1nc(CCN2CCCC(C)C2)sc1CN. The zero-order valence-corrected chi connectivity index (χ0v) is 13.1. The molecule has 0 saturated carbocycles. The fourth-order valence-electron chi connectivity index (χ4n) is 2.88. The number of nitrogens with zero attached hydrogens (tertiary/aromatic N) is 2. The van der Waals surface area contributed by atoms with E-state index >= 15 is 0 Å². The van der Waals surface area contributed by atoms with Crippen molar-refractivity contribution in [3.8, 4) is 0 Å². The normalized spacial score (nSPS) is 20.9. The Morgan fingerprint density at radius 1 is 1.42 bits per heavy atom. The van der Waals surface area contributed by atoms with E-state index in [0.717, 1.165) is 31.7 Å². The quantitative estimate of drug-likeness (QED) is 0.872. The van der Waals surface area contributed by atoms with Gasteiger partial charge in [-0.15, -0.1) is 11.3 Å². The molecule has 0 aromatic carbocycles. The number of aromatic nitrogens is 1. The number of likely N-dealkylation sites (tertiary alicyclic amines) is 1. The standard InChI is InChI=1S/C15H27N3S/c1-3-5-13-14(10-16)19-15(17-13)7-9-18-8-4-6-12(2)11-18/h12H,3-11,16H2,1-2H3. The Labute approximate surface area is 121 Å². The smallest absolute Gasteiger partial charge is 0.0944 e. The van der Waals surface area contributed by atoms with Crippen LogP contribution in [0.15, 0.2) is 0 Å². The average molecular weight is 281 g/mol. The highest BCUT2D eigenvalue weighted by molar-refractivity contribution is 7.11. The molecule has 0 aliphatic carbocycles. The van der Waals surface area contributed by atoms with Crippen LogP contribution < -0.4 is 5.73 Å². The summed E-state index contributed by atoms with van der Waals surface area (Å²) in [5.41, 5.74) is 7.06. The van der Waals surface area contributed by atoms with E-state index in [9.17, 15) is 0 Å². The predicted molar refractivity (Wildman–Crippen MR) is 82.5 cm³/mol. The van der Waals surface area contributed by atoms with E-state index in [4.69, 9.17) is 10.7 Å². The molecule has 0 spiro atoms. The first kappa shape index (κ1) is 14.9. The van der Waals surface area contributed by atoms with Crippen LogP contribution in [0.3, 0.4) is 0 Å². The third-order valence-corrected chi connectivity index (χ3v) is 5.06. The van der Waals surface area contributed by atoms with Gasteiger partial charge in [0, 0.05) is 30.9 Å². The first-order valence-electron chi connectivity index (χ1n) is 7.62. The highest BCUT2D eigenvalue weighted by atomic mass is 32.1. The number of rotatable bonds is 6. The Morgan fingerprint density at radius 3 is 2.95 bits per heavy atom. The zero-order chi connectivity index (χ0) is 13.7. The summed E-state index contributed by atoms with van der Waals surface area (Å²) >= 11 is 1.83. The van der Waals surface area contributed by atoms with Gasteiger partial charge in [-0.25, -0.2) is 4.98 Å². The van der Waals surface area contributed by atoms with E-state index in [2.05, 4.69) is 18.7 Å². The summed E-state index contributed by atoms with van der Waals surface area (Å²) in [6, 6.07) is 0. The van der Waals surface area contributed by atoms with Crippen molar-refractivity contribution in [3.63, 3.8) is 0 Å². The average Bonchev–Trinajstić information content (AvgIpc) is 2.79. The summed E-state index contributed by atoms with van der Waals surface area (Å²) in [6.45, 7) is 8.90. The van der Waals surface area contributed by atoms with Gasteiger partial charge in [0.05, 0.1) is 10.7 Å². The molecule has 1 aliphatic rings. The molecule has 0 bridgehead atoms. The lowest BCUT2D eigenvalue weighted by atomic mass is 10.0. The van der Waals surface area contributed by atoms with Gasteiger partial charge in [-0.05, 0) is 31.7 Å². The minimum absolute atomic E-state index is 0.647. The summed E-state index contributed by atoms with van der Waals surface area (Å²) in [5.74, 6) is 0.861. The van der Waals surface area contributed by atoms with Gasteiger partial charge >= 0.3 is 0 Å². The molecule has 4 heteroatoms. The van der Waals surface area contributed by atoms with Gasteiger partial charge in [0.1, 0.15) is 0 Å². The third-order valence-electron chi connectivity index (χ3n) is 3.88. The van der Waals surface area contributed by atoms with E-state index in [1.54, 1.807) is 0 Å². The van der Waals surface area contributed by atoms with Gasteiger partial charge in [-0.1, -0.05) is 20.3 Å². The van der Waals surface area contributed by atoms with E-state index in [1.807, 2.05) is 11.3 Å². The number of aryl methyl sites for hydroxylation is 1. The maximum atomic E-state index is 5.81. The van der Waals surface area contributed by atoms with Crippen LogP contribution in [0.1, 0.15) is 48.7 Å².